The van der Waals surface area contributed by atoms with Crippen molar-refractivity contribution in [1.82, 2.24) is 20.2 Å². The highest BCUT2D eigenvalue weighted by Gasteiger charge is 2.16. The van der Waals surface area contributed by atoms with Crippen LogP contribution in [-0.4, -0.2) is 26.1 Å². The lowest BCUT2D eigenvalue weighted by Crippen LogP contribution is -2.12. The fraction of sp³-hybridized carbons (Fsp3) is 0.0588. The molecular weight excluding hydrogens is 325 g/mol. The molecule has 124 valence electrons. The highest BCUT2D eigenvalue weighted by molar-refractivity contribution is 6.04. The minimum atomic E-state index is -0.568. The third-order valence-electron chi connectivity index (χ3n) is 3.64. The van der Waals surface area contributed by atoms with Crippen molar-refractivity contribution >= 4 is 22.7 Å². The number of anilines is 1. The van der Waals surface area contributed by atoms with Crippen LogP contribution in [0, 0.1) is 12.7 Å². The van der Waals surface area contributed by atoms with Gasteiger partial charge in [-0.3, -0.25) is 9.89 Å². The Hall–Kier alpha value is -3.55. The van der Waals surface area contributed by atoms with Crippen LogP contribution in [0.1, 0.15) is 16.2 Å². The predicted molar refractivity (Wildman–Crippen MR) is 88.5 cm³/mol. The summed E-state index contributed by atoms with van der Waals surface area (Å²) in [6, 6.07) is 9.30. The second kappa shape index (κ2) is 5.82. The largest absolute Gasteiger partial charge is 0.449 e. The second-order valence-electron chi connectivity index (χ2n) is 5.43. The molecule has 3 heterocycles. The van der Waals surface area contributed by atoms with Crippen LogP contribution in [0.4, 0.5) is 10.1 Å². The van der Waals surface area contributed by atoms with Gasteiger partial charge in [-0.05, 0) is 37.3 Å². The van der Waals surface area contributed by atoms with Gasteiger partial charge in [-0.15, -0.1) is 0 Å². The third-order valence-corrected chi connectivity index (χ3v) is 3.64. The minimum Gasteiger partial charge on any atom is -0.449 e. The molecule has 0 aliphatic carbocycles. The number of aromatic nitrogens is 4. The summed E-state index contributed by atoms with van der Waals surface area (Å²) in [5, 5.41) is 8.94. The Labute approximate surface area is 140 Å². The number of fused-ring (bicyclic) bond motifs is 1. The SMILES string of the molecule is Cc1ccc2oc(C(=O)Nc3cc(-c4ncn[nH]4)ccc3F)cc2n1. The summed E-state index contributed by atoms with van der Waals surface area (Å²) in [7, 11) is 0. The number of aromatic amines is 1. The van der Waals surface area contributed by atoms with Crippen molar-refractivity contribution in [2.45, 2.75) is 6.92 Å². The van der Waals surface area contributed by atoms with Crippen LogP contribution in [0.5, 0.6) is 0 Å². The Bertz CT molecular complexity index is 1070. The molecule has 4 rings (SSSR count). The maximum Gasteiger partial charge on any atom is 0.291 e. The van der Waals surface area contributed by atoms with E-state index in [4.69, 9.17) is 4.42 Å². The quantitative estimate of drug-likeness (QED) is 0.598. The first kappa shape index (κ1) is 15.0. The van der Waals surface area contributed by atoms with E-state index in [9.17, 15) is 9.18 Å². The molecule has 0 saturated heterocycles. The number of H-pyrrole nitrogens is 1. The van der Waals surface area contributed by atoms with Crippen molar-refractivity contribution in [3.8, 4) is 11.4 Å². The topological polar surface area (TPSA) is 96.7 Å². The Morgan fingerprint density at radius 1 is 1.24 bits per heavy atom. The van der Waals surface area contributed by atoms with Gasteiger partial charge in [0.25, 0.3) is 5.91 Å². The predicted octanol–water partition coefficient (Wildman–Crippen LogP) is 3.31. The third kappa shape index (κ3) is 2.85. The molecule has 3 aromatic heterocycles. The molecule has 0 bridgehead atoms. The monoisotopic (exact) mass is 337 g/mol. The van der Waals surface area contributed by atoms with E-state index in [1.165, 1.54) is 24.5 Å². The van der Waals surface area contributed by atoms with Crippen LogP contribution in [0.3, 0.4) is 0 Å². The Morgan fingerprint density at radius 3 is 2.92 bits per heavy atom. The summed E-state index contributed by atoms with van der Waals surface area (Å²) in [4.78, 5) is 20.7. The first-order valence-corrected chi connectivity index (χ1v) is 7.44. The number of nitrogens with zero attached hydrogens (tertiary/aromatic N) is 3. The Morgan fingerprint density at radius 2 is 2.12 bits per heavy atom. The van der Waals surface area contributed by atoms with Gasteiger partial charge in [-0.25, -0.2) is 14.4 Å². The number of hydrogen-bond acceptors (Lipinski definition) is 5. The zero-order valence-electron chi connectivity index (χ0n) is 13.1. The molecule has 0 spiro atoms. The molecule has 8 heteroatoms. The smallest absolute Gasteiger partial charge is 0.291 e. The van der Waals surface area contributed by atoms with Crippen LogP contribution in [0.25, 0.3) is 22.5 Å². The second-order valence-corrected chi connectivity index (χ2v) is 5.43. The van der Waals surface area contributed by atoms with Crippen LogP contribution in [0.15, 0.2) is 47.1 Å². The molecular formula is C17H12FN5O2. The van der Waals surface area contributed by atoms with Gasteiger partial charge in [0.15, 0.2) is 17.2 Å². The van der Waals surface area contributed by atoms with Crippen molar-refractivity contribution in [3.05, 3.63) is 60.0 Å². The highest BCUT2D eigenvalue weighted by Crippen LogP contribution is 2.24. The van der Waals surface area contributed by atoms with Crippen LogP contribution >= 0.6 is 0 Å². The lowest BCUT2D eigenvalue weighted by molar-refractivity contribution is 0.0998. The molecule has 0 saturated carbocycles. The number of furan rings is 1. The van der Waals surface area contributed by atoms with Crippen molar-refractivity contribution < 1.29 is 13.6 Å². The number of halogens is 1. The van der Waals surface area contributed by atoms with E-state index in [1.807, 2.05) is 6.92 Å². The maximum absolute atomic E-state index is 14.0. The molecule has 4 aromatic rings. The zero-order chi connectivity index (χ0) is 17.4. The van der Waals surface area contributed by atoms with Crippen molar-refractivity contribution in [1.29, 1.82) is 0 Å². The molecule has 0 fully saturated rings. The van der Waals surface area contributed by atoms with E-state index in [0.29, 0.717) is 22.5 Å². The van der Waals surface area contributed by atoms with E-state index in [0.717, 1.165) is 5.69 Å². The number of benzene rings is 1. The first-order valence-electron chi connectivity index (χ1n) is 7.44. The standard InChI is InChI=1S/C17H12FN5O2/c1-9-2-5-14-13(21-9)7-15(25-14)17(24)22-12-6-10(3-4-11(12)18)16-19-8-20-23-16/h2-8H,1H3,(H,22,24)(H,19,20,23). The number of nitrogens with one attached hydrogen (secondary N) is 2. The Balaban J connectivity index is 1.64. The summed E-state index contributed by atoms with van der Waals surface area (Å²) in [5.74, 6) is -0.609. The number of amides is 1. The molecule has 2 N–H and O–H groups in total. The van der Waals surface area contributed by atoms with Gasteiger partial charge in [-0.2, -0.15) is 5.10 Å². The van der Waals surface area contributed by atoms with Crippen molar-refractivity contribution in [3.63, 3.8) is 0 Å². The van der Waals surface area contributed by atoms with E-state index in [1.54, 1.807) is 18.2 Å². The molecule has 25 heavy (non-hydrogen) atoms. The molecule has 1 amide bonds. The molecule has 1 aromatic carbocycles. The molecule has 0 aliphatic rings. The molecule has 0 unspecified atom stereocenters. The fourth-order valence-electron chi connectivity index (χ4n) is 2.43. The summed E-state index contributed by atoms with van der Waals surface area (Å²) in [6.45, 7) is 1.84. The normalized spacial score (nSPS) is 11.0. The van der Waals surface area contributed by atoms with Gasteiger partial charge in [0.2, 0.25) is 0 Å². The number of hydrogen-bond donors (Lipinski definition) is 2. The number of rotatable bonds is 3. The summed E-state index contributed by atoms with van der Waals surface area (Å²) < 4.78 is 19.5. The van der Waals surface area contributed by atoms with Crippen LogP contribution in [-0.2, 0) is 0 Å². The molecule has 0 radical (unpaired) electrons. The maximum atomic E-state index is 14.0. The molecule has 0 atom stereocenters. The van der Waals surface area contributed by atoms with Gasteiger partial charge < -0.3 is 9.73 Å². The van der Waals surface area contributed by atoms with Crippen molar-refractivity contribution in [2.24, 2.45) is 0 Å². The lowest BCUT2D eigenvalue weighted by Gasteiger charge is -2.06. The number of carbonyl (C=O) groups is 1. The average Bonchev–Trinajstić information content (AvgIpc) is 3.25. The number of carbonyl (C=O) groups excluding carboxylic acids is 1. The first-order chi connectivity index (χ1) is 12.1. The van der Waals surface area contributed by atoms with Crippen molar-refractivity contribution in [2.75, 3.05) is 5.32 Å². The van der Waals surface area contributed by atoms with Crippen LogP contribution in [0.2, 0.25) is 0 Å². The van der Waals surface area contributed by atoms with E-state index < -0.39 is 11.7 Å². The van der Waals surface area contributed by atoms with Gasteiger partial charge in [-0.1, -0.05) is 0 Å². The van der Waals surface area contributed by atoms with E-state index in [2.05, 4.69) is 25.5 Å². The molecule has 0 aliphatic heterocycles. The lowest BCUT2D eigenvalue weighted by atomic mass is 10.2. The van der Waals surface area contributed by atoms with Gasteiger partial charge in [0.05, 0.1) is 5.69 Å². The number of aryl methyl sites for hydroxylation is 1. The van der Waals surface area contributed by atoms with Crippen LogP contribution < -0.4 is 5.32 Å². The van der Waals surface area contributed by atoms with Gasteiger partial charge in [0, 0.05) is 17.3 Å². The minimum absolute atomic E-state index is 0.0171. The average molecular weight is 337 g/mol. The van der Waals surface area contributed by atoms with Gasteiger partial charge >= 0.3 is 0 Å². The summed E-state index contributed by atoms with van der Waals surface area (Å²) in [5.41, 5.74) is 2.48. The number of pyridine rings is 1. The zero-order valence-corrected chi connectivity index (χ0v) is 13.1. The van der Waals surface area contributed by atoms with E-state index in [-0.39, 0.29) is 11.4 Å². The highest BCUT2D eigenvalue weighted by atomic mass is 19.1. The van der Waals surface area contributed by atoms with Gasteiger partial charge in [0.1, 0.15) is 17.7 Å². The Kier molecular flexibility index (Phi) is 3.50. The van der Waals surface area contributed by atoms with E-state index >= 15 is 0 Å². The fourth-order valence-corrected chi connectivity index (χ4v) is 2.43. The molecule has 7 nitrogen and oxygen atoms in total. The summed E-state index contributed by atoms with van der Waals surface area (Å²) >= 11 is 0. The summed E-state index contributed by atoms with van der Waals surface area (Å²) in [6.07, 6.45) is 1.35.